The Morgan fingerprint density at radius 1 is 1.50 bits per heavy atom. The maximum Gasteiger partial charge on any atom is 0.132 e. The summed E-state index contributed by atoms with van der Waals surface area (Å²) < 4.78 is 0. The van der Waals surface area contributed by atoms with Gasteiger partial charge in [0.05, 0.1) is 5.54 Å². The molecule has 1 fully saturated rings. The molecule has 1 aliphatic rings. The zero-order chi connectivity index (χ0) is 9.19. The smallest absolute Gasteiger partial charge is 0.132 e. The number of hydrogen-bond donors (Lipinski definition) is 1. The van der Waals surface area contributed by atoms with E-state index in [2.05, 4.69) is 14.0 Å². The van der Waals surface area contributed by atoms with Crippen LogP contribution < -0.4 is 5.32 Å². The van der Waals surface area contributed by atoms with E-state index < -0.39 is 0 Å². The van der Waals surface area contributed by atoms with Crippen LogP contribution in [0.2, 0.25) is 0 Å². The van der Waals surface area contributed by atoms with Gasteiger partial charge in [0, 0.05) is 18.8 Å². The van der Waals surface area contributed by atoms with Gasteiger partial charge in [-0.05, 0) is 26.7 Å². The molecule has 0 unspecified atom stereocenters. The van der Waals surface area contributed by atoms with Crippen LogP contribution >= 0.6 is 0 Å². The van der Waals surface area contributed by atoms with Gasteiger partial charge in [-0.25, -0.2) is 0 Å². The van der Waals surface area contributed by atoms with Gasteiger partial charge in [0.15, 0.2) is 0 Å². The van der Waals surface area contributed by atoms with Crippen LogP contribution in [0.1, 0.15) is 39.5 Å². The van der Waals surface area contributed by atoms with Crippen LogP contribution in [0.3, 0.4) is 0 Å². The highest BCUT2D eigenvalue weighted by Crippen LogP contribution is 2.29. The Morgan fingerprint density at radius 3 is 2.33 bits per heavy atom. The quantitative estimate of drug-likeness (QED) is 0.612. The van der Waals surface area contributed by atoms with Crippen molar-refractivity contribution in [1.29, 1.82) is 0 Å². The van der Waals surface area contributed by atoms with Crippen LogP contribution in [-0.4, -0.2) is 11.3 Å². The third kappa shape index (κ3) is 2.07. The molecule has 1 saturated carbocycles. The third-order valence-electron chi connectivity index (χ3n) is 3.20. The Bertz CT molecular complexity index is 169. The van der Waals surface area contributed by atoms with E-state index in [1.165, 1.54) is 0 Å². The number of carbonyl (C=O) groups is 1. The lowest BCUT2D eigenvalue weighted by molar-refractivity contribution is -0.676. The lowest BCUT2D eigenvalue weighted by Crippen LogP contribution is -2.91. The lowest BCUT2D eigenvalue weighted by Gasteiger charge is -2.36. The van der Waals surface area contributed by atoms with Crippen molar-refractivity contribution in [2.45, 2.75) is 45.1 Å². The molecule has 0 aromatic rings. The van der Waals surface area contributed by atoms with Gasteiger partial charge in [-0.15, -0.1) is 0 Å². The fourth-order valence-corrected chi connectivity index (χ4v) is 1.89. The Labute approximate surface area is 74.7 Å². The number of nitrogens with two attached hydrogens (primary N) is 1. The van der Waals surface area contributed by atoms with Crippen LogP contribution in [-0.2, 0) is 4.79 Å². The molecular weight excluding hydrogens is 150 g/mol. The maximum absolute atomic E-state index is 11.1. The highest BCUT2D eigenvalue weighted by atomic mass is 16.1. The Hall–Kier alpha value is -0.370. The summed E-state index contributed by atoms with van der Waals surface area (Å²) in [6.45, 7) is 3.94. The molecule has 0 heterocycles. The predicted octanol–water partition coefficient (Wildman–Crippen LogP) is 0.879. The number of hydrogen-bond acceptors (Lipinski definition) is 1. The average Bonchev–Trinajstić information content (AvgIpc) is 2.05. The van der Waals surface area contributed by atoms with E-state index in [0.717, 1.165) is 25.7 Å². The predicted molar refractivity (Wildman–Crippen MR) is 48.3 cm³/mol. The first-order valence-electron chi connectivity index (χ1n) is 4.71. The first kappa shape index (κ1) is 9.72. The highest BCUT2D eigenvalue weighted by molar-refractivity contribution is 5.78. The van der Waals surface area contributed by atoms with Crippen molar-refractivity contribution in [2.75, 3.05) is 0 Å². The van der Waals surface area contributed by atoms with Crippen LogP contribution in [0.25, 0.3) is 0 Å². The van der Waals surface area contributed by atoms with E-state index in [1.54, 1.807) is 6.92 Å². The fourth-order valence-electron chi connectivity index (χ4n) is 1.89. The first-order chi connectivity index (χ1) is 5.57. The van der Waals surface area contributed by atoms with Gasteiger partial charge in [-0.2, -0.15) is 7.05 Å². The first-order valence-corrected chi connectivity index (χ1v) is 4.71. The molecule has 2 nitrogen and oxygen atoms in total. The van der Waals surface area contributed by atoms with Crippen LogP contribution in [0, 0.1) is 13.0 Å². The topological polar surface area (TPSA) is 33.7 Å². The second-order valence-electron chi connectivity index (χ2n) is 4.24. The summed E-state index contributed by atoms with van der Waals surface area (Å²) in [7, 11) is 3.84. The van der Waals surface area contributed by atoms with Gasteiger partial charge in [0.25, 0.3) is 0 Å². The largest absolute Gasteiger partial charge is 0.474 e. The summed E-state index contributed by atoms with van der Waals surface area (Å²) in [5.74, 6) is 0.694. The molecule has 1 aliphatic carbocycles. The molecule has 0 aromatic heterocycles. The third-order valence-corrected chi connectivity index (χ3v) is 3.20. The van der Waals surface area contributed by atoms with Gasteiger partial charge in [-0.1, -0.05) is 0 Å². The molecule has 12 heavy (non-hydrogen) atoms. The highest BCUT2D eigenvalue weighted by Gasteiger charge is 2.32. The fraction of sp³-hybridized carbons (Fsp3) is 0.800. The molecule has 2 N–H and O–H groups in total. The molecule has 70 valence electrons. The van der Waals surface area contributed by atoms with Gasteiger partial charge in [0.2, 0.25) is 0 Å². The van der Waals surface area contributed by atoms with E-state index >= 15 is 0 Å². The maximum atomic E-state index is 11.1. The second kappa shape index (κ2) is 3.56. The van der Waals surface area contributed by atoms with Gasteiger partial charge in [0.1, 0.15) is 5.78 Å². The molecule has 0 spiro atoms. The SMILES string of the molecule is [CH2-][NH2+]C1(C)CCC(C(C)=O)CC1. The lowest BCUT2D eigenvalue weighted by atomic mass is 9.76. The zero-order valence-corrected chi connectivity index (χ0v) is 8.10. The minimum Gasteiger partial charge on any atom is -0.474 e. The van der Waals surface area contributed by atoms with Crippen molar-refractivity contribution in [3.8, 4) is 0 Å². The van der Waals surface area contributed by atoms with Crippen molar-refractivity contribution >= 4 is 5.78 Å². The second-order valence-corrected chi connectivity index (χ2v) is 4.24. The van der Waals surface area contributed by atoms with Crippen LogP contribution in [0.4, 0.5) is 0 Å². The minimum atomic E-state index is 0.298. The standard InChI is InChI=1S/C10H19NO/c1-8(12)9-4-6-10(2,11-3)7-5-9/h9H,3-7,11H2,1-2H3. The number of Topliss-reactive ketones (excluding diaryl/α,β-unsaturated/α-hetero) is 1. The Kier molecular flexibility index (Phi) is 2.89. The summed E-state index contributed by atoms with van der Waals surface area (Å²) in [4.78, 5) is 11.1. The molecule has 2 heteroatoms. The van der Waals surface area contributed by atoms with Crippen molar-refractivity contribution in [3.63, 3.8) is 0 Å². The van der Waals surface area contributed by atoms with Gasteiger partial charge < -0.3 is 5.32 Å². The molecule has 1 rings (SSSR count). The molecule has 0 atom stereocenters. The van der Waals surface area contributed by atoms with Crippen molar-refractivity contribution in [3.05, 3.63) is 7.05 Å². The van der Waals surface area contributed by atoms with E-state index in [4.69, 9.17) is 0 Å². The number of rotatable bonds is 2. The summed E-state index contributed by atoms with van der Waals surface area (Å²) in [5.41, 5.74) is 0.298. The van der Waals surface area contributed by atoms with E-state index in [-0.39, 0.29) is 0 Å². The van der Waals surface area contributed by atoms with Gasteiger partial charge in [-0.3, -0.25) is 4.79 Å². The van der Waals surface area contributed by atoms with Crippen molar-refractivity contribution in [2.24, 2.45) is 5.92 Å². The normalized spacial score (nSPS) is 36.4. The zero-order valence-electron chi connectivity index (χ0n) is 8.10. The molecule has 0 aromatic carbocycles. The summed E-state index contributed by atoms with van der Waals surface area (Å²) in [6, 6.07) is 0. The van der Waals surface area contributed by atoms with E-state index in [9.17, 15) is 4.79 Å². The molecule has 0 radical (unpaired) electrons. The summed E-state index contributed by atoms with van der Waals surface area (Å²) in [6.07, 6.45) is 4.36. The van der Waals surface area contributed by atoms with Crippen LogP contribution in [0.15, 0.2) is 0 Å². The van der Waals surface area contributed by atoms with E-state index in [0.29, 0.717) is 17.2 Å². The van der Waals surface area contributed by atoms with Crippen molar-refractivity contribution < 1.29 is 10.1 Å². The molecule has 0 amide bonds. The Morgan fingerprint density at radius 2 is 2.00 bits per heavy atom. The van der Waals surface area contributed by atoms with Crippen molar-refractivity contribution in [1.82, 2.24) is 0 Å². The number of quaternary nitrogens is 1. The molecule has 0 saturated heterocycles. The van der Waals surface area contributed by atoms with Gasteiger partial charge >= 0.3 is 0 Å². The molecule has 0 aliphatic heterocycles. The van der Waals surface area contributed by atoms with E-state index in [1.807, 2.05) is 5.32 Å². The Balaban J connectivity index is 2.44. The number of carbonyl (C=O) groups excluding carboxylic acids is 1. The molecular formula is C10H19NO. The van der Waals surface area contributed by atoms with Crippen LogP contribution in [0.5, 0.6) is 0 Å². The summed E-state index contributed by atoms with van der Waals surface area (Å²) in [5, 5.41) is 2.04. The monoisotopic (exact) mass is 169 g/mol. The summed E-state index contributed by atoms with van der Waals surface area (Å²) >= 11 is 0. The molecule has 0 bridgehead atoms. The number of ketones is 1. The average molecular weight is 169 g/mol. The minimum absolute atomic E-state index is 0.298.